The largest absolute Gasteiger partial charge is 0.378 e. The quantitative estimate of drug-likeness (QED) is 0.610. The molecule has 0 radical (unpaired) electrons. The number of anilines is 2. The first kappa shape index (κ1) is 13.5. The summed E-state index contributed by atoms with van der Waals surface area (Å²) in [6.07, 6.45) is 4.14. The molecule has 1 aromatic heterocycles. The van der Waals surface area contributed by atoms with Gasteiger partial charge in [-0.25, -0.2) is 4.98 Å². The van der Waals surface area contributed by atoms with Crippen molar-refractivity contribution in [3.05, 3.63) is 16.3 Å². The fourth-order valence-corrected chi connectivity index (χ4v) is 2.14. The lowest BCUT2D eigenvalue weighted by atomic mass is 10.1. The smallest absolute Gasteiger partial charge is 0.329 e. The van der Waals surface area contributed by atoms with Crippen molar-refractivity contribution in [3.63, 3.8) is 0 Å². The van der Waals surface area contributed by atoms with Gasteiger partial charge < -0.3 is 15.8 Å². The van der Waals surface area contributed by atoms with Gasteiger partial charge in [0.15, 0.2) is 0 Å². The molecular formula is C11H17N5O3. The number of nitrogens with zero attached hydrogens (tertiary/aromatic N) is 3. The topological polar surface area (TPSA) is 116 Å². The van der Waals surface area contributed by atoms with Crippen molar-refractivity contribution in [3.8, 4) is 0 Å². The number of nitrogen functional groups attached to an aromatic ring is 1. The molecule has 0 amide bonds. The van der Waals surface area contributed by atoms with Crippen LogP contribution in [0.2, 0.25) is 0 Å². The Morgan fingerprint density at radius 2 is 2.53 bits per heavy atom. The Morgan fingerprint density at radius 3 is 3.05 bits per heavy atom. The Kier molecular flexibility index (Phi) is 4.10. The maximum atomic E-state index is 10.6. The third-order valence-corrected chi connectivity index (χ3v) is 3.16. The zero-order chi connectivity index (χ0) is 13.8. The highest BCUT2D eigenvalue weighted by molar-refractivity contribution is 5.53. The number of nitrogens with one attached hydrogen (secondary N) is 1. The molecule has 0 spiro atoms. The molecule has 19 heavy (non-hydrogen) atoms. The summed E-state index contributed by atoms with van der Waals surface area (Å²) in [5, 5.41) is 13.8. The van der Waals surface area contributed by atoms with E-state index in [-0.39, 0.29) is 23.7 Å². The van der Waals surface area contributed by atoms with Crippen molar-refractivity contribution in [2.45, 2.75) is 38.3 Å². The van der Waals surface area contributed by atoms with Crippen LogP contribution in [-0.4, -0.2) is 33.6 Å². The van der Waals surface area contributed by atoms with E-state index in [1.54, 1.807) is 0 Å². The second-order valence-electron chi connectivity index (χ2n) is 4.43. The first-order chi connectivity index (χ1) is 9.11. The number of ether oxygens (including phenoxy) is 1. The maximum Gasteiger partial charge on any atom is 0.329 e. The summed E-state index contributed by atoms with van der Waals surface area (Å²) in [5.74, 6) is 0.162. The van der Waals surface area contributed by atoms with Gasteiger partial charge in [0.1, 0.15) is 6.20 Å². The normalized spacial score (nSPS) is 20.2. The van der Waals surface area contributed by atoms with Crippen LogP contribution in [0.5, 0.6) is 0 Å². The van der Waals surface area contributed by atoms with Gasteiger partial charge >= 0.3 is 5.69 Å². The van der Waals surface area contributed by atoms with E-state index >= 15 is 0 Å². The number of nitrogens with two attached hydrogens (primary N) is 1. The standard InChI is InChI=1S/C11H17N5O3/c1-2-7(9-4-3-5-19-9)14-11-13-6-8(16(17)18)10(12)15-11/h6-7,9H,2-5H2,1H3,(H3,12,13,14,15). The Labute approximate surface area is 110 Å². The van der Waals surface area contributed by atoms with Gasteiger partial charge in [-0.1, -0.05) is 6.92 Å². The number of hydrogen-bond acceptors (Lipinski definition) is 7. The molecule has 0 aromatic carbocycles. The highest BCUT2D eigenvalue weighted by Crippen LogP contribution is 2.22. The minimum atomic E-state index is -0.601. The second-order valence-corrected chi connectivity index (χ2v) is 4.43. The minimum absolute atomic E-state index is 0.0864. The van der Waals surface area contributed by atoms with Gasteiger partial charge in [-0.05, 0) is 19.3 Å². The van der Waals surface area contributed by atoms with Crippen molar-refractivity contribution < 1.29 is 9.66 Å². The van der Waals surface area contributed by atoms with Crippen LogP contribution in [0.3, 0.4) is 0 Å². The Morgan fingerprint density at radius 1 is 1.74 bits per heavy atom. The molecule has 1 saturated heterocycles. The van der Waals surface area contributed by atoms with Crippen LogP contribution >= 0.6 is 0 Å². The van der Waals surface area contributed by atoms with Gasteiger partial charge in [-0.3, -0.25) is 10.1 Å². The first-order valence-corrected chi connectivity index (χ1v) is 6.27. The van der Waals surface area contributed by atoms with Crippen LogP contribution in [0, 0.1) is 10.1 Å². The van der Waals surface area contributed by atoms with Gasteiger partial charge in [-0.2, -0.15) is 4.98 Å². The van der Waals surface area contributed by atoms with Crippen LogP contribution in [0.15, 0.2) is 6.20 Å². The van der Waals surface area contributed by atoms with Crippen LogP contribution in [0.25, 0.3) is 0 Å². The summed E-state index contributed by atoms with van der Waals surface area (Å²) in [6, 6.07) is 0.0864. The van der Waals surface area contributed by atoms with Crippen molar-refractivity contribution in [2.24, 2.45) is 0 Å². The van der Waals surface area contributed by atoms with Gasteiger partial charge in [0.25, 0.3) is 0 Å². The Bertz CT molecular complexity index is 462. The molecule has 0 saturated carbocycles. The highest BCUT2D eigenvalue weighted by Gasteiger charge is 2.25. The SMILES string of the molecule is CCC(Nc1ncc([N+](=O)[O-])c(N)n1)C1CCCO1. The van der Waals surface area contributed by atoms with Crippen LogP contribution in [0.4, 0.5) is 17.5 Å². The number of hydrogen-bond donors (Lipinski definition) is 2. The predicted molar refractivity (Wildman–Crippen MR) is 69.8 cm³/mol. The summed E-state index contributed by atoms with van der Waals surface area (Å²) in [7, 11) is 0. The van der Waals surface area contributed by atoms with Crippen LogP contribution in [0.1, 0.15) is 26.2 Å². The zero-order valence-electron chi connectivity index (χ0n) is 10.7. The van der Waals surface area contributed by atoms with Crippen LogP contribution in [-0.2, 0) is 4.74 Å². The average Bonchev–Trinajstić information content (AvgIpc) is 2.89. The zero-order valence-corrected chi connectivity index (χ0v) is 10.7. The van der Waals surface area contributed by atoms with E-state index in [1.165, 1.54) is 0 Å². The molecule has 3 N–H and O–H groups in total. The summed E-state index contributed by atoms with van der Waals surface area (Å²) < 4.78 is 5.61. The van der Waals surface area contributed by atoms with Crippen molar-refractivity contribution in [2.75, 3.05) is 17.7 Å². The molecular weight excluding hydrogens is 250 g/mol. The lowest BCUT2D eigenvalue weighted by molar-refractivity contribution is -0.384. The van der Waals surface area contributed by atoms with Gasteiger partial charge in [-0.15, -0.1) is 0 Å². The Hall–Kier alpha value is -1.96. The average molecular weight is 267 g/mol. The van der Waals surface area contributed by atoms with Crippen molar-refractivity contribution in [1.82, 2.24) is 9.97 Å². The summed E-state index contributed by atoms with van der Waals surface area (Å²) in [5.41, 5.74) is 5.25. The maximum absolute atomic E-state index is 10.6. The van der Waals surface area contributed by atoms with E-state index in [4.69, 9.17) is 10.5 Å². The monoisotopic (exact) mass is 267 g/mol. The number of rotatable bonds is 5. The molecule has 1 aromatic rings. The first-order valence-electron chi connectivity index (χ1n) is 6.27. The van der Waals surface area contributed by atoms with E-state index in [2.05, 4.69) is 15.3 Å². The summed E-state index contributed by atoms with van der Waals surface area (Å²) in [6.45, 7) is 2.81. The highest BCUT2D eigenvalue weighted by atomic mass is 16.6. The second kappa shape index (κ2) is 5.79. The third-order valence-electron chi connectivity index (χ3n) is 3.16. The minimum Gasteiger partial charge on any atom is -0.378 e. The van der Waals surface area contributed by atoms with Gasteiger partial charge in [0.05, 0.1) is 17.1 Å². The van der Waals surface area contributed by atoms with E-state index < -0.39 is 4.92 Å². The lowest BCUT2D eigenvalue weighted by Gasteiger charge is -2.22. The molecule has 2 unspecified atom stereocenters. The van der Waals surface area contributed by atoms with Gasteiger partial charge in [0, 0.05) is 6.61 Å². The number of aromatic nitrogens is 2. The number of nitro groups is 1. The van der Waals surface area contributed by atoms with E-state index in [0.717, 1.165) is 32.1 Å². The molecule has 8 nitrogen and oxygen atoms in total. The molecule has 2 atom stereocenters. The van der Waals surface area contributed by atoms with Crippen LogP contribution < -0.4 is 11.1 Å². The predicted octanol–water partition coefficient (Wildman–Crippen LogP) is 1.34. The van der Waals surface area contributed by atoms with Gasteiger partial charge in [0.2, 0.25) is 11.8 Å². The lowest BCUT2D eigenvalue weighted by Crippen LogP contribution is -2.33. The molecule has 0 aliphatic carbocycles. The van der Waals surface area contributed by atoms with Crippen molar-refractivity contribution in [1.29, 1.82) is 0 Å². The molecule has 1 fully saturated rings. The molecule has 0 bridgehead atoms. The molecule has 2 rings (SSSR count). The molecule has 1 aliphatic heterocycles. The van der Waals surface area contributed by atoms with E-state index in [9.17, 15) is 10.1 Å². The molecule has 8 heteroatoms. The summed E-state index contributed by atoms with van der Waals surface area (Å²) >= 11 is 0. The Balaban J connectivity index is 2.09. The summed E-state index contributed by atoms with van der Waals surface area (Å²) in [4.78, 5) is 17.9. The molecule has 1 aliphatic rings. The van der Waals surface area contributed by atoms with E-state index in [0.29, 0.717) is 5.95 Å². The third kappa shape index (κ3) is 3.08. The molecule has 104 valence electrons. The molecule has 2 heterocycles. The fraction of sp³-hybridized carbons (Fsp3) is 0.636. The van der Waals surface area contributed by atoms with Crippen molar-refractivity contribution >= 4 is 17.5 Å². The fourth-order valence-electron chi connectivity index (χ4n) is 2.14. The van der Waals surface area contributed by atoms with E-state index in [1.807, 2.05) is 6.92 Å².